The Morgan fingerprint density at radius 1 is 1.32 bits per heavy atom. The van der Waals surface area contributed by atoms with Gasteiger partial charge in [-0.3, -0.25) is 9.40 Å². The first kappa shape index (κ1) is 34.3. The Morgan fingerprint density at radius 3 is 2.64 bits per heavy atom. The molecular formula is C27H37IN7O8P. The fraction of sp³-hybridized carbons (Fsp3) is 0.556. The van der Waals surface area contributed by atoms with Gasteiger partial charge in [0.1, 0.15) is 24.4 Å². The van der Waals surface area contributed by atoms with E-state index >= 15 is 0 Å². The number of methoxy groups -OCH3 is 1. The van der Waals surface area contributed by atoms with Gasteiger partial charge in [-0.15, -0.1) is 0 Å². The van der Waals surface area contributed by atoms with Crippen LogP contribution in [0.15, 0.2) is 35.1 Å². The van der Waals surface area contributed by atoms with Crippen LogP contribution in [0.3, 0.4) is 0 Å². The number of aliphatic hydroxyl groups is 2. The fourth-order valence-corrected chi connectivity index (χ4v) is 6.04. The molecular weight excluding hydrogens is 708 g/mol. The minimum Gasteiger partial charge on any atom is -0.593 e. The summed E-state index contributed by atoms with van der Waals surface area (Å²) in [6.45, 7) is 8.60. The van der Waals surface area contributed by atoms with Gasteiger partial charge in [-0.2, -0.15) is 9.97 Å². The number of hydrogen-bond donors (Lipinski definition) is 3. The summed E-state index contributed by atoms with van der Waals surface area (Å²) in [4.78, 5) is 45.6. The quantitative estimate of drug-likeness (QED) is 0.0850. The van der Waals surface area contributed by atoms with Gasteiger partial charge in [0, 0.05) is 27.4 Å². The third-order valence-corrected chi connectivity index (χ3v) is 8.61. The molecule has 3 aromatic rings. The first-order chi connectivity index (χ1) is 20.6. The number of anilines is 1. The number of fused-ring (bicyclic) bond motifs is 1. The number of carbonyl (C=O) groups is 1. The van der Waals surface area contributed by atoms with Crippen molar-refractivity contribution in [3.05, 3.63) is 39.7 Å². The topological polar surface area (TPSA) is 203 Å². The van der Waals surface area contributed by atoms with E-state index in [2.05, 4.69) is 19.7 Å². The van der Waals surface area contributed by atoms with Crippen molar-refractivity contribution in [2.45, 2.75) is 71.2 Å². The Balaban J connectivity index is 1.56. The van der Waals surface area contributed by atoms with Crippen molar-refractivity contribution in [1.29, 1.82) is 0 Å². The molecule has 3 heterocycles. The number of imidazole rings is 1. The summed E-state index contributed by atoms with van der Waals surface area (Å²) in [5.74, 6) is -0.548. The number of nitrogens with two attached hydrogens (primary N) is 1. The second kappa shape index (κ2) is 13.8. The number of hydroxylamine groups is 1. The van der Waals surface area contributed by atoms with Crippen LogP contribution in [-0.4, -0.2) is 84.7 Å². The van der Waals surface area contributed by atoms with Crippen molar-refractivity contribution in [3.63, 3.8) is 0 Å². The summed E-state index contributed by atoms with van der Waals surface area (Å²) in [5, 5.41) is 22.6. The number of benzene rings is 1. The van der Waals surface area contributed by atoms with Gasteiger partial charge in [-0.1, -0.05) is 55.8 Å². The number of nitrogen functional groups attached to an aromatic ring is 1. The number of esters is 1. The van der Waals surface area contributed by atoms with Crippen molar-refractivity contribution < 1.29 is 38.9 Å². The summed E-state index contributed by atoms with van der Waals surface area (Å²) >= 11 is 1.94. The third kappa shape index (κ3) is 7.80. The highest BCUT2D eigenvalue weighted by atomic mass is 127. The van der Waals surface area contributed by atoms with E-state index in [-0.39, 0.29) is 42.6 Å². The maximum absolute atomic E-state index is 13.4. The number of nitrogens with zero attached hydrogens (tertiary/aromatic N) is 6. The highest BCUT2D eigenvalue weighted by Crippen LogP contribution is 2.42. The molecule has 1 aliphatic rings. The largest absolute Gasteiger partial charge is 0.593 e. The smallest absolute Gasteiger partial charge is 0.334 e. The van der Waals surface area contributed by atoms with E-state index < -0.39 is 44.1 Å². The minimum atomic E-state index is -2.60. The number of halogens is 1. The van der Waals surface area contributed by atoms with Crippen LogP contribution < -0.4 is 15.4 Å². The van der Waals surface area contributed by atoms with Crippen LogP contribution in [0.4, 0.5) is 5.95 Å². The van der Waals surface area contributed by atoms with Gasteiger partial charge in [-0.05, 0) is 24.8 Å². The van der Waals surface area contributed by atoms with Gasteiger partial charge >= 0.3 is 5.97 Å². The van der Waals surface area contributed by atoms with E-state index in [1.807, 2.05) is 73.7 Å². The zero-order valence-electron chi connectivity index (χ0n) is 25.2. The summed E-state index contributed by atoms with van der Waals surface area (Å²) in [7, 11) is -1.18. The molecule has 0 amide bonds. The molecule has 0 aliphatic carbocycles. The average Bonchev–Trinajstić information content (AvgIpc) is 3.39. The number of ether oxygens (including phenoxy) is 3. The Hall–Kier alpha value is -2.57. The Labute approximate surface area is 269 Å². The zero-order chi connectivity index (χ0) is 32.4. The second-order valence-corrected chi connectivity index (χ2v) is 13.9. The lowest BCUT2D eigenvalue weighted by atomic mass is 9.96. The summed E-state index contributed by atoms with van der Waals surface area (Å²) in [6, 6.07) is 8.08. The van der Waals surface area contributed by atoms with Crippen LogP contribution >= 0.6 is 30.7 Å². The standard InChI is InChI=1S/C27H37IN7O8P/c1-15(22(37)41-14-26(2,3)4)33-44(39)34(12-16-10-8-7-9-11-16)42-13-17-19(36)27(5,38)23(43-17)35-20-18(30-24(35)28)21(40-6)32-25(29)31-20/h7-11,15,17,19,23,36,38H,12-14H2,1-6H3,(H2,29,31,32)/t15-,17+,19+,23+,27+/m0/s1. The molecule has 0 bridgehead atoms. The molecule has 15 nitrogen and oxygen atoms in total. The molecule has 1 fully saturated rings. The maximum Gasteiger partial charge on any atom is 0.334 e. The monoisotopic (exact) mass is 745 g/mol. The molecule has 4 rings (SSSR count). The molecule has 1 unspecified atom stereocenters. The van der Waals surface area contributed by atoms with Crippen molar-refractivity contribution in [1.82, 2.24) is 24.4 Å². The van der Waals surface area contributed by atoms with Crippen LogP contribution in [-0.2, 0) is 25.7 Å². The van der Waals surface area contributed by atoms with E-state index in [1.165, 1.54) is 25.5 Å². The average molecular weight is 746 g/mol. The van der Waals surface area contributed by atoms with Crippen LogP contribution in [0.1, 0.15) is 46.4 Å². The van der Waals surface area contributed by atoms with E-state index in [9.17, 15) is 19.9 Å². The van der Waals surface area contributed by atoms with Crippen LogP contribution in [0.25, 0.3) is 11.2 Å². The third-order valence-electron chi connectivity index (χ3n) is 6.66. The predicted molar refractivity (Wildman–Crippen MR) is 167 cm³/mol. The maximum atomic E-state index is 13.4. The number of rotatable bonds is 11. The lowest BCUT2D eigenvalue weighted by Crippen LogP contribution is -2.45. The molecule has 0 spiro atoms. The van der Waals surface area contributed by atoms with Gasteiger partial charge in [-0.25, -0.2) is 9.78 Å². The molecule has 1 aliphatic heterocycles. The molecule has 4 N–H and O–H groups in total. The van der Waals surface area contributed by atoms with Crippen LogP contribution in [0, 0.1) is 9.25 Å². The Morgan fingerprint density at radius 2 is 2.00 bits per heavy atom. The molecule has 44 heavy (non-hydrogen) atoms. The number of carbonyl (C=O) groups excluding carboxylic acids is 1. The van der Waals surface area contributed by atoms with E-state index in [0.29, 0.717) is 9.35 Å². The van der Waals surface area contributed by atoms with Gasteiger partial charge in [0.25, 0.3) is 8.09 Å². The lowest BCUT2D eigenvalue weighted by molar-refractivity contribution is -0.214. The van der Waals surface area contributed by atoms with Crippen LogP contribution in [0.2, 0.25) is 0 Å². The lowest BCUT2D eigenvalue weighted by Gasteiger charge is -2.27. The number of aromatic nitrogens is 4. The highest BCUT2D eigenvalue weighted by Gasteiger charge is 2.54. The van der Waals surface area contributed by atoms with Crippen molar-refractivity contribution >= 4 is 53.8 Å². The molecule has 0 saturated carbocycles. The highest BCUT2D eigenvalue weighted by molar-refractivity contribution is 14.1. The zero-order valence-corrected chi connectivity index (χ0v) is 28.3. The molecule has 1 saturated heterocycles. The summed E-state index contributed by atoms with van der Waals surface area (Å²) < 4.78 is 22.7. The van der Waals surface area contributed by atoms with Crippen molar-refractivity contribution in [2.24, 2.45) is 10.2 Å². The molecule has 2 aromatic heterocycles. The molecule has 6 atom stereocenters. The van der Waals surface area contributed by atoms with Gasteiger partial charge in [0.05, 0.1) is 20.3 Å². The van der Waals surface area contributed by atoms with E-state index in [0.717, 1.165) is 10.4 Å². The molecule has 0 radical (unpaired) electrons. The van der Waals surface area contributed by atoms with Gasteiger partial charge in [0.2, 0.25) is 11.8 Å². The van der Waals surface area contributed by atoms with Crippen molar-refractivity contribution in [2.75, 3.05) is 26.1 Å². The molecule has 1 aromatic carbocycles. The Kier molecular flexibility index (Phi) is 10.8. The minimum absolute atomic E-state index is 0.0476. The normalized spacial score (nSPS) is 23.3. The first-order valence-electron chi connectivity index (χ1n) is 13.7. The van der Waals surface area contributed by atoms with E-state index in [1.54, 1.807) is 0 Å². The van der Waals surface area contributed by atoms with E-state index in [4.69, 9.17) is 24.8 Å². The van der Waals surface area contributed by atoms with Gasteiger partial charge < -0.3 is 35.1 Å². The predicted octanol–water partition coefficient (Wildman–Crippen LogP) is 2.30. The van der Waals surface area contributed by atoms with Gasteiger partial charge in [0.15, 0.2) is 27.3 Å². The van der Waals surface area contributed by atoms with Crippen LogP contribution in [0.5, 0.6) is 5.88 Å². The summed E-state index contributed by atoms with van der Waals surface area (Å²) in [6.07, 6.45) is -3.69. The second-order valence-electron chi connectivity index (χ2n) is 11.7. The molecule has 240 valence electrons. The first-order valence-corrected chi connectivity index (χ1v) is 16.0. The van der Waals surface area contributed by atoms with Crippen molar-refractivity contribution in [3.8, 4) is 5.88 Å². The summed E-state index contributed by atoms with van der Waals surface area (Å²) in [5.41, 5.74) is 5.08. The fourth-order valence-electron chi connectivity index (χ4n) is 4.36. The number of aliphatic hydroxyl groups excluding tert-OH is 1. The number of hydrogen-bond acceptors (Lipinski definition) is 13. The Bertz CT molecular complexity index is 1500. The molecule has 17 heteroatoms. The SMILES string of the molecule is COc1nc(N)nc2c1nc(I)n2[C@@H]1O[C@H](CON(Cc2ccccc2)[P+]([O-])=N[C@@H](C)C(=O)OCC(C)(C)C)[C@@H](O)[C@@]1(C)O.